The SMILES string of the molecule is Cn1nc(C(=O)NC[C@@H]2CCCO2)c2ccccc2c1=O. The monoisotopic (exact) mass is 287 g/mol. The van der Waals surface area contributed by atoms with E-state index in [1.54, 1.807) is 31.3 Å². The molecule has 1 aromatic heterocycles. The van der Waals surface area contributed by atoms with Gasteiger partial charge in [-0.3, -0.25) is 9.59 Å². The van der Waals surface area contributed by atoms with Crippen LogP contribution in [0.2, 0.25) is 0 Å². The van der Waals surface area contributed by atoms with Crippen molar-refractivity contribution < 1.29 is 9.53 Å². The number of aromatic nitrogens is 2. The number of carbonyl (C=O) groups is 1. The van der Waals surface area contributed by atoms with E-state index in [9.17, 15) is 9.59 Å². The van der Waals surface area contributed by atoms with Gasteiger partial charge in [0, 0.05) is 25.6 Å². The molecular weight excluding hydrogens is 270 g/mol. The Kier molecular flexibility index (Phi) is 3.70. The molecular formula is C15H17N3O3. The lowest BCUT2D eigenvalue weighted by atomic mass is 10.1. The summed E-state index contributed by atoms with van der Waals surface area (Å²) in [6, 6.07) is 7.01. The molecule has 0 unspecified atom stereocenters. The van der Waals surface area contributed by atoms with Crippen LogP contribution in [-0.4, -0.2) is 34.9 Å². The minimum absolute atomic E-state index is 0.0766. The highest BCUT2D eigenvalue weighted by atomic mass is 16.5. The zero-order chi connectivity index (χ0) is 14.8. The van der Waals surface area contributed by atoms with Crippen molar-refractivity contribution in [1.82, 2.24) is 15.1 Å². The Hall–Kier alpha value is -2.21. The Bertz CT molecular complexity index is 733. The molecule has 6 nitrogen and oxygen atoms in total. The molecule has 1 N–H and O–H groups in total. The van der Waals surface area contributed by atoms with Gasteiger partial charge >= 0.3 is 0 Å². The maximum absolute atomic E-state index is 12.3. The van der Waals surface area contributed by atoms with E-state index in [0.717, 1.165) is 19.4 Å². The molecule has 110 valence electrons. The lowest BCUT2D eigenvalue weighted by Crippen LogP contribution is -2.34. The number of rotatable bonds is 3. The van der Waals surface area contributed by atoms with Gasteiger partial charge in [-0.1, -0.05) is 18.2 Å². The molecule has 1 aromatic carbocycles. The molecule has 0 aliphatic carbocycles. The van der Waals surface area contributed by atoms with E-state index in [1.807, 2.05) is 0 Å². The summed E-state index contributed by atoms with van der Waals surface area (Å²) in [7, 11) is 1.55. The average Bonchev–Trinajstić information content (AvgIpc) is 3.02. The van der Waals surface area contributed by atoms with Crippen molar-refractivity contribution in [3.8, 4) is 0 Å². The molecule has 0 saturated carbocycles. The lowest BCUT2D eigenvalue weighted by Gasteiger charge is -2.12. The fourth-order valence-electron chi connectivity index (χ4n) is 2.56. The van der Waals surface area contributed by atoms with Crippen LogP contribution in [0.25, 0.3) is 10.8 Å². The minimum Gasteiger partial charge on any atom is -0.376 e. The van der Waals surface area contributed by atoms with Crippen molar-refractivity contribution in [1.29, 1.82) is 0 Å². The number of ether oxygens (including phenoxy) is 1. The highest BCUT2D eigenvalue weighted by Gasteiger charge is 2.19. The molecule has 2 aromatic rings. The standard InChI is InChI=1S/C15H17N3O3/c1-18-15(20)12-7-3-2-6-11(12)13(17-18)14(19)16-9-10-5-4-8-21-10/h2-3,6-7,10H,4-5,8-9H2,1H3,(H,16,19)/t10-/m0/s1. The molecule has 1 fully saturated rings. The summed E-state index contributed by atoms with van der Waals surface area (Å²) >= 11 is 0. The largest absolute Gasteiger partial charge is 0.376 e. The number of hydrogen-bond acceptors (Lipinski definition) is 4. The summed E-state index contributed by atoms with van der Waals surface area (Å²) in [6.45, 7) is 1.22. The molecule has 1 aliphatic heterocycles. The van der Waals surface area contributed by atoms with E-state index < -0.39 is 0 Å². The van der Waals surface area contributed by atoms with Crippen molar-refractivity contribution in [2.24, 2.45) is 7.05 Å². The molecule has 2 heterocycles. The van der Waals surface area contributed by atoms with Crippen LogP contribution in [0.15, 0.2) is 29.1 Å². The third-order valence-electron chi connectivity index (χ3n) is 3.69. The molecule has 0 spiro atoms. The predicted molar refractivity (Wildman–Crippen MR) is 78.3 cm³/mol. The van der Waals surface area contributed by atoms with Crippen LogP contribution < -0.4 is 10.9 Å². The van der Waals surface area contributed by atoms with Crippen molar-refractivity contribution in [3.63, 3.8) is 0 Å². The molecule has 0 radical (unpaired) electrons. The van der Waals surface area contributed by atoms with Crippen molar-refractivity contribution in [2.45, 2.75) is 18.9 Å². The first-order chi connectivity index (χ1) is 10.2. The smallest absolute Gasteiger partial charge is 0.274 e. The predicted octanol–water partition coefficient (Wildman–Crippen LogP) is 0.842. The summed E-state index contributed by atoms with van der Waals surface area (Å²) in [4.78, 5) is 24.4. The second-order valence-corrected chi connectivity index (χ2v) is 5.17. The van der Waals surface area contributed by atoms with E-state index in [2.05, 4.69) is 10.4 Å². The molecule has 1 aliphatic rings. The number of benzene rings is 1. The maximum atomic E-state index is 12.3. The van der Waals surface area contributed by atoms with Crippen LogP contribution in [0, 0.1) is 0 Å². The number of fused-ring (bicyclic) bond motifs is 1. The molecule has 1 saturated heterocycles. The Labute approximate surface area is 121 Å². The summed E-state index contributed by atoms with van der Waals surface area (Å²) in [5.74, 6) is -0.280. The van der Waals surface area contributed by atoms with Crippen LogP contribution in [0.4, 0.5) is 0 Å². The van der Waals surface area contributed by atoms with Gasteiger partial charge in [-0.05, 0) is 18.9 Å². The van der Waals surface area contributed by atoms with Gasteiger partial charge in [-0.15, -0.1) is 0 Å². The second-order valence-electron chi connectivity index (χ2n) is 5.17. The van der Waals surface area contributed by atoms with Crippen LogP contribution in [0.1, 0.15) is 23.3 Å². The number of aryl methyl sites for hydroxylation is 1. The first kappa shape index (κ1) is 13.8. The second kappa shape index (κ2) is 5.65. The lowest BCUT2D eigenvalue weighted by molar-refractivity contribution is 0.0853. The molecule has 0 bridgehead atoms. The Morgan fingerprint density at radius 3 is 2.90 bits per heavy atom. The minimum atomic E-state index is -0.280. The summed E-state index contributed by atoms with van der Waals surface area (Å²) in [5.41, 5.74) is 0.0620. The van der Waals surface area contributed by atoms with Gasteiger partial charge in [0.15, 0.2) is 5.69 Å². The summed E-state index contributed by atoms with van der Waals surface area (Å²) in [5, 5.41) is 8.01. The van der Waals surface area contributed by atoms with E-state index in [1.165, 1.54) is 4.68 Å². The first-order valence-electron chi connectivity index (χ1n) is 7.02. The molecule has 6 heteroatoms. The van der Waals surface area contributed by atoms with Crippen LogP contribution in [0.5, 0.6) is 0 Å². The van der Waals surface area contributed by atoms with Crippen LogP contribution in [-0.2, 0) is 11.8 Å². The highest BCUT2D eigenvalue weighted by molar-refractivity contribution is 6.04. The third-order valence-corrected chi connectivity index (χ3v) is 3.69. The third kappa shape index (κ3) is 2.67. The average molecular weight is 287 g/mol. The molecule has 21 heavy (non-hydrogen) atoms. The number of nitrogens with one attached hydrogen (secondary N) is 1. The Morgan fingerprint density at radius 2 is 2.19 bits per heavy atom. The highest BCUT2D eigenvalue weighted by Crippen LogP contribution is 2.14. The van der Waals surface area contributed by atoms with Gasteiger partial charge in [0.1, 0.15) is 0 Å². The number of carbonyl (C=O) groups excluding carboxylic acids is 1. The van der Waals surface area contributed by atoms with Crippen LogP contribution >= 0.6 is 0 Å². The van der Waals surface area contributed by atoms with Crippen molar-refractivity contribution in [3.05, 3.63) is 40.3 Å². The number of nitrogens with zero attached hydrogens (tertiary/aromatic N) is 2. The van der Waals surface area contributed by atoms with Gasteiger partial charge in [-0.25, -0.2) is 4.68 Å². The quantitative estimate of drug-likeness (QED) is 0.908. The molecule has 3 rings (SSSR count). The van der Waals surface area contributed by atoms with Gasteiger partial charge in [-0.2, -0.15) is 5.10 Å². The Balaban J connectivity index is 1.90. The van der Waals surface area contributed by atoms with Gasteiger partial charge < -0.3 is 10.1 Å². The Morgan fingerprint density at radius 1 is 1.43 bits per heavy atom. The summed E-state index contributed by atoms with van der Waals surface area (Å²) in [6.07, 6.45) is 2.07. The van der Waals surface area contributed by atoms with E-state index >= 15 is 0 Å². The van der Waals surface area contributed by atoms with E-state index in [0.29, 0.717) is 17.3 Å². The van der Waals surface area contributed by atoms with Gasteiger partial charge in [0.05, 0.1) is 11.5 Å². The van der Waals surface area contributed by atoms with Gasteiger partial charge in [0.25, 0.3) is 11.5 Å². The topological polar surface area (TPSA) is 73.2 Å². The normalized spacial score (nSPS) is 18.0. The number of hydrogen-bond donors (Lipinski definition) is 1. The first-order valence-corrected chi connectivity index (χ1v) is 7.02. The van der Waals surface area contributed by atoms with Crippen LogP contribution in [0.3, 0.4) is 0 Å². The maximum Gasteiger partial charge on any atom is 0.274 e. The zero-order valence-corrected chi connectivity index (χ0v) is 11.8. The fourth-order valence-corrected chi connectivity index (χ4v) is 2.56. The number of amides is 1. The van der Waals surface area contributed by atoms with E-state index in [4.69, 9.17) is 4.74 Å². The zero-order valence-electron chi connectivity index (χ0n) is 11.8. The van der Waals surface area contributed by atoms with E-state index in [-0.39, 0.29) is 23.3 Å². The summed E-state index contributed by atoms with van der Waals surface area (Å²) < 4.78 is 6.68. The van der Waals surface area contributed by atoms with Gasteiger partial charge in [0.2, 0.25) is 0 Å². The fraction of sp³-hybridized carbons (Fsp3) is 0.400. The van der Waals surface area contributed by atoms with Crippen molar-refractivity contribution >= 4 is 16.7 Å². The van der Waals surface area contributed by atoms with Crippen molar-refractivity contribution in [2.75, 3.05) is 13.2 Å². The molecule has 1 amide bonds. The molecule has 1 atom stereocenters.